The first-order chi connectivity index (χ1) is 15.5. The lowest BCUT2D eigenvalue weighted by Gasteiger charge is -2.43. The third kappa shape index (κ3) is 7.94. The van der Waals surface area contributed by atoms with E-state index in [2.05, 4.69) is 17.6 Å². The molecular weight excluding hydrogens is 422 g/mol. The fourth-order valence-electron chi connectivity index (χ4n) is 3.73. The summed E-state index contributed by atoms with van der Waals surface area (Å²) in [6, 6.07) is 4.53. The number of alkyl carbamates (subject to hydrolysis) is 1. The van der Waals surface area contributed by atoms with Gasteiger partial charge in [-0.3, -0.25) is 9.59 Å². The van der Waals surface area contributed by atoms with Crippen molar-refractivity contribution in [2.24, 2.45) is 0 Å². The molecule has 0 radical (unpaired) electrons. The smallest absolute Gasteiger partial charge is 0.408 e. The zero-order valence-corrected chi connectivity index (χ0v) is 20.5. The third-order valence-electron chi connectivity index (χ3n) is 5.64. The van der Waals surface area contributed by atoms with Crippen LogP contribution in [0.15, 0.2) is 24.3 Å². The van der Waals surface area contributed by atoms with Crippen LogP contribution in [0.2, 0.25) is 0 Å². The Morgan fingerprint density at radius 2 is 1.79 bits per heavy atom. The van der Waals surface area contributed by atoms with Gasteiger partial charge in [0.15, 0.2) is 0 Å². The molecule has 1 aromatic carbocycles. The van der Waals surface area contributed by atoms with Gasteiger partial charge in [-0.05, 0) is 71.1 Å². The van der Waals surface area contributed by atoms with E-state index in [4.69, 9.17) is 4.74 Å². The van der Waals surface area contributed by atoms with E-state index in [1.807, 2.05) is 0 Å². The van der Waals surface area contributed by atoms with E-state index in [0.29, 0.717) is 12.1 Å². The molecule has 0 saturated heterocycles. The Kier molecular flexibility index (Phi) is 9.56. The molecule has 184 valence electrons. The van der Waals surface area contributed by atoms with Crippen LogP contribution in [0.4, 0.5) is 4.79 Å². The molecule has 8 nitrogen and oxygen atoms in total. The minimum absolute atomic E-state index is 0.0855. The van der Waals surface area contributed by atoms with Gasteiger partial charge in [-0.15, -0.1) is 0 Å². The molecule has 8 heteroatoms. The average molecular weight is 462 g/mol. The maximum absolute atomic E-state index is 13.6. The van der Waals surface area contributed by atoms with Gasteiger partial charge in [0.1, 0.15) is 23.4 Å². The van der Waals surface area contributed by atoms with Crippen LogP contribution in [0.1, 0.15) is 84.7 Å². The number of nitrogens with zero attached hydrogens (tertiary/aromatic N) is 1. The summed E-state index contributed by atoms with van der Waals surface area (Å²) in [5.74, 6) is -0.517. The average Bonchev–Trinajstić information content (AvgIpc) is 2.68. The van der Waals surface area contributed by atoms with Gasteiger partial charge in [-0.2, -0.15) is 0 Å². The Bertz CT molecular complexity index is 799. The van der Waals surface area contributed by atoms with Gasteiger partial charge >= 0.3 is 6.09 Å². The summed E-state index contributed by atoms with van der Waals surface area (Å²) in [7, 11) is 0. The Balaban J connectivity index is 2.29. The standard InChI is InChI=1S/C25H39N3O5/c1-6-7-8-16-26-22(30)21(18-12-14-20(29)15-13-18)28(19-10-9-11-19)23(31)17(2)27-24(32)33-25(3,4)5/h12-15,17,19,21,29H,6-11,16H2,1-5H3,(H,26,30)(H,27,32). The van der Waals surface area contributed by atoms with Crippen molar-refractivity contribution in [1.82, 2.24) is 15.5 Å². The highest BCUT2D eigenvalue weighted by Gasteiger charge is 2.40. The molecule has 1 fully saturated rings. The molecule has 0 heterocycles. The fourth-order valence-corrected chi connectivity index (χ4v) is 3.73. The van der Waals surface area contributed by atoms with Crippen LogP contribution in [0.25, 0.3) is 0 Å². The van der Waals surface area contributed by atoms with E-state index in [1.54, 1.807) is 44.7 Å². The van der Waals surface area contributed by atoms with Crippen molar-refractivity contribution in [3.05, 3.63) is 29.8 Å². The second kappa shape index (κ2) is 11.9. The van der Waals surface area contributed by atoms with Crippen molar-refractivity contribution in [3.63, 3.8) is 0 Å². The molecule has 0 aromatic heterocycles. The number of amides is 3. The molecular formula is C25H39N3O5. The minimum atomic E-state index is -0.868. The maximum atomic E-state index is 13.6. The molecule has 0 spiro atoms. The molecule has 1 aromatic rings. The maximum Gasteiger partial charge on any atom is 0.408 e. The summed E-state index contributed by atoms with van der Waals surface area (Å²) in [6.07, 6.45) is 4.79. The predicted molar refractivity (Wildman–Crippen MR) is 127 cm³/mol. The Morgan fingerprint density at radius 3 is 2.30 bits per heavy atom. The molecule has 2 unspecified atom stereocenters. The quantitative estimate of drug-likeness (QED) is 0.456. The third-order valence-corrected chi connectivity index (χ3v) is 5.64. The number of nitrogens with one attached hydrogen (secondary N) is 2. The van der Waals surface area contributed by atoms with Gasteiger partial charge in [0.25, 0.3) is 0 Å². The topological polar surface area (TPSA) is 108 Å². The molecule has 1 aliphatic rings. The zero-order chi connectivity index (χ0) is 24.6. The molecule has 0 aliphatic heterocycles. The second-order valence-electron chi connectivity index (χ2n) is 9.69. The van der Waals surface area contributed by atoms with E-state index in [1.165, 1.54) is 12.1 Å². The number of ether oxygens (including phenoxy) is 1. The minimum Gasteiger partial charge on any atom is -0.508 e. The van der Waals surface area contributed by atoms with E-state index in [-0.39, 0.29) is 23.6 Å². The highest BCUT2D eigenvalue weighted by molar-refractivity contribution is 5.92. The number of rotatable bonds is 10. The zero-order valence-electron chi connectivity index (χ0n) is 20.5. The van der Waals surface area contributed by atoms with E-state index < -0.39 is 23.8 Å². The number of unbranched alkanes of at least 4 members (excludes halogenated alkanes) is 2. The van der Waals surface area contributed by atoms with Crippen LogP contribution in [0.3, 0.4) is 0 Å². The monoisotopic (exact) mass is 461 g/mol. The predicted octanol–water partition coefficient (Wildman–Crippen LogP) is 4.03. The van der Waals surface area contributed by atoms with Crippen LogP contribution in [-0.2, 0) is 14.3 Å². The lowest BCUT2D eigenvalue weighted by Crippen LogP contribution is -2.56. The number of benzene rings is 1. The number of phenolic OH excluding ortho intramolecular Hbond substituents is 1. The SMILES string of the molecule is CCCCCNC(=O)C(c1ccc(O)cc1)N(C(=O)C(C)NC(=O)OC(C)(C)C)C1CCC1. The van der Waals surface area contributed by atoms with Gasteiger partial charge in [0.05, 0.1) is 0 Å². The molecule has 2 rings (SSSR count). The van der Waals surface area contributed by atoms with E-state index in [9.17, 15) is 19.5 Å². The van der Waals surface area contributed by atoms with Crippen LogP contribution >= 0.6 is 0 Å². The van der Waals surface area contributed by atoms with Gasteiger partial charge in [-0.25, -0.2) is 4.79 Å². The molecule has 1 aliphatic carbocycles. The molecule has 1 saturated carbocycles. The van der Waals surface area contributed by atoms with Gasteiger partial charge in [-0.1, -0.05) is 31.9 Å². The first-order valence-corrected chi connectivity index (χ1v) is 11.9. The van der Waals surface area contributed by atoms with Crippen LogP contribution in [0.5, 0.6) is 5.75 Å². The second-order valence-corrected chi connectivity index (χ2v) is 9.69. The summed E-state index contributed by atoms with van der Waals surface area (Å²) in [6.45, 7) is 9.48. The first kappa shape index (κ1) is 26.5. The molecule has 0 bridgehead atoms. The summed E-state index contributed by atoms with van der Waals surface area (Å²) in [5, 5.41) is 15.3. The van der Waals surface area contributed by atoms with Crippen molar-refractivity contribution in [1.29, 1.82) is 0 Å². The van der Waals surface area contributed by atoms with Gasteiger partial charge < -0.3 is 25.4 Å². The number of carbonyl (C=O) groups excluding carboxylic acids is 3. The molecule has 2 atom stereocenters. The number of aromatic hydroxyl groups is 1. The van der Waals surface area contributed by atoms with Gasteiger partial charge in [0.2, 0.25) is 11.8 Å². The largest absolute Gasteiger partial charge is 0.508 e. The van der Waals surface area contributed by atoms with Crippen molar-refractivity contribution in [2.45, 2.75) is 96.9 Å². The van der Waals surface area contributed by atoms with Crippen LogP contribution in [-0.4, -0.2) is 52.1 Å². The highest BCUT2D eigenvalue weighted by Crippen LogP contribution is 2.34. The number of carbonyl (C=O) groups is 3. The van der Waals surface area contributed by atoms with Crippen molar-refractivity contribution in [3.8, 4) is 5.75 Å². The Labute approximate surface area is 197 Å². The summed E-state index contributed by atoms with van der Waals surface area (Å²) < 4.78 is 5.29. The Morgan fingerprint density at radius 1 is 1.15 bits per heavy atom. The number of phenols is 1. The summed E-state index contributed by atoms with van der Waals surface area (Å²) in [4.78, 5) is 40.8. The van der Waals surface area contributed by atoms with Crippen molar-refractivity contribution < 1.29 is 24.2 Å². The lowest BCUT2D eigenvalue weighted by molar-refractivity contribution is -0.147. The van der Waals surface area contributed by atoms with E-state index in [0.717, 1.165) is 38.5 Å². The number of hydrogen-bond donors (Lipinski definition) is 3. The van der Waals surface area contributed by atoms with Crippen molar-refractivity contribution >= 4 is 17.9 Å². The molecule has 33 heavy (non-hydrogen) atoms. The fraction of sp³-hybridized carbons (Fsp3) is 0.640. The van der Waals surface area contributed by atoms with Crippen LogP contribution in [0, 0.1) is 0 Å². The lowest BCUT2D eigenvalue weighted by atomic mass is 9.88. The number of hydrogen-bond acceptors (Lipinski definition) is 5. The normalized spacial score (nSPS) is 15.7. The molecule has 3 N–H and O–H groups in total. The highest BCUT2D eigenvalue weighted by atomic mass is 16.6. The Hall–Kier alpha value is -2.77. The molecule has 3 amide bonds. The first-order valence-electron chi connectivity index (χ1n) is 11.9. The van der Waals surface area contributed by atoms with Crippen molar-refractivity contribution in [2.75, 3.05) is 6.54 Å². The van der Waals surface area contributed by atoms with Gasteiger partial charge in [0, 0.05) is 12.6 Å². The summed E-state index contributed by atoms with van der Waals surface area (Å²) >= 11 is 0. The van der Waals surface area contributed by atoms with Crippen LogP contribution < -0.4 is 10.6 Å². The van der Waals surface area contributed by atoms with E-state index >= 15 is 0 Å². The summed E-state index contributed by atoms with van der Waals surface area (Å²) in [5.41, 5.74) is -0.0708.